The highest BCUT2D eigenvalue weighted by atomic mass is 32.1. The third kappa shape index (κ3) is 4.05. The van der Waals surface area contributed by atoms with Gasteiger partial charge in [0.15, 0.2) is 0 Å². The Morgan fingerprint density at radius 1 is 1.26 bits per heavy atom. The number of urea groups is 1. The summed E-state index contributed by atoms with van der Waals surface area (Å²) < 4.78 is 0. The number of carbonyl (C=O) groups excluding carboxylic acids is 2. The van der Waals surface area contributed by atoms with Crippen LogP contribution in [0.1, 0.15) is 17.8 Å². The summed E-state index contributed by atoms with van der Waals surface area (Å²) in [6.45, 7) is 2.99. The number of nitrogens with zero attached hydrogens (tertiary/aromatic N) is 3. The van der Waals surface area contributed by atoms with Crippen molar-refractivity contribution in [3.8, 4) is 0 Å². The van der Waals surface area contributed by atoms with Crippen LogP contribution in [0.3, 0.4) is 0 Å². The molecule has 3 rings (SSSR count). The number of thiophene rings is 1. The smallest absolute Gasteiger partial charge is 0.322 e. The summed E-state index contributed by atoms with van der Waals surface area (Å²) in [4.78, 5) is 26.1. The summed E-state index contributed by atoms with van der Waals surface area (Å²) in [7, 11) is 0. The zero-order chi connectivity index (χ0) is 16.2. The number of rotatable bonds is 3. The fourth-order valence-corrected chi connectivity index (χ4v) is 3.64. The van der Waals surface area contributed by atoms with Gasteiger partial charge in [-0.25, -0.2) is 4.79 Å². The molecule has 23 heavy (non-hydrogen) atoms. The molecule has 2 aromatic heterocycles. The maximum absolute atomic E-state index is 12.2. The van der Waals surface area contributed by atoms with Gasteiger partial charge in [-0.3, -0.25) is 10.1 Å². The van der Waals surface area contributed by atoms with E-state index in [0.29, 0.717) is 31.1 Å². The fraction of sp³-hybridized carbons (Fsp3) is 0.429. The van der Waals surface area contributed by atoms with Crippen molar-refractivity contribution < 1.29 is 9.59 Å². The van der Waals surface area contributed by atoms with E-state index < -0.39 is 0 Å². The van der Waals surface area contributed by atoms with Gasteiger partial charge in [0.25, 0.3) is 0 Å². The summed E-state index contributed by atoms with van der Waals surface area (Å²) in [6, 6.07) is 3.66. The number of likely N-dealkylation sites (tertiary alicyclic amines) is 1. The molecule has 2 aromatic rings. The minimum atomic E-state index is -0.106. The van der Waals surface area contributed by atoms with Crippen molar-refractivity contribution in [2.45, 2.75) is 19.8 Å². The largest absolute Gasteiger partial charge is 0.324 e. The molecule has 122 valence electrons. The molecule has 1 fully saturated rings. The molecule has 2 N–H and O–H groups in total. The van der Waals surface area contributed by atoms with Gasteiger partial charge in [0.1, 0.15) is 5.01 Å². The van der Waals surface area contributed by atoms with E-state index in [1.54, 1.807) is 4.90 Å². The van der Waals surface area contributed by atoms with E-state index in [-0.39, 0.29) is 17.9 Å². The number of hydrogen-bond donors (Lipinski definition) is 2. The van der Waals surface area contributed by atoms with Gasteiger partial charge in [-0.2, -0.15) is 0 Å². The normalized spacial score (nSPS) is 15.4. The molecule has 3 heterocycles. The lowest BCUT2D eigenvalue weighted by molar-refractivity contribution is -0.121. The summed E-state index contributed by atoms with van der Waals surface area (Å²) in [5.41, 5.74) is 0. The zero-order valence-corrected chi connectivity index (χ0v) is 14.2. The van der Waals surface area contributed by atoms with Crippen molar-refractivity contribution >= 4 is 44.7 Å². The van der Waals surface area contributed by atoms with Crippen molar-refractivity contribution in [1.82, 2.24) is 15.1 Å². The highest BCUT2D eigenvalue weighted by Gasteiger charge is 2.28. The molecule has 0 bridgehead atoms. The SMILES string of the molecule is Cc1nnc(NC(=O)C2CCN(C(=O)Nc3cccs3)CC2)s1. The van der Waals surface area contributed by atoms with Crippen LogP contribution in [0.5, 0.6) is 0 Å². The van der Waals surface area contributed by atoms with Crippen molar-refractivity contribution in [3.05, 3.63) is 22.5 Å². The van der Waals surface area contributed by atoms with Gasteiger partial charge < -0.3 is 10.2 Å². The van der Waals surface area contributed by atoms with E-state index in [2.05, 4.69) is 20.8 Å². The first-order valence-corrected chi connectivity index (χ1v) is 9.02. The van der Waals surface area contributed by atoms with Crippen LogP contribution < -0.4 is 10.6 Å². The second kappa shape index (κ2) is 7.05. The first-order chi connectivity index (χ1) is 11.1. The number of aryl methyl sites for hydroxylation is 1. The number of amides is 3. The lowest BCUT2D eigenvalue weighted by Gasteiger charge is -2.31. The third-order valence-electron chi connectivity index (χ3n) is 3.66. The number of aromatic nitrogens is 2. The Bertz CT molecular complexity index is 677. The Hall–Kier alpha value is -2.00. The Kier molecular flexibility index (Phi) is 4.87. The first kappa shape index (κ1) is 15.9. The highest BCUT2D eigenvalue weighted by Crippen LogP contribution is 2.22. The quantitative estimate of drug-likeness (QED) is 0.890. The molecule has 0 unspecified atom stereocenters. The van der Waals surface area contributed by atoms with Crippen molar-refractivity contribution in [2.24, 2.45) is 5.92 Å². The van der Waals surface area contributed by atoms with Crippen LogP contribution in [-0.4, -0.2) is 40.1 Å². The second-order valence-electron chi connectivity index (χ2n) is 5.28. The maximum atomic E-state index is 12.2. The van der Waals surface area contributed by atoms with Crippen LogP contribution in [0, 0.1) is 12.8 Å². The Labute approximate surface area is 141 Å². The second-order valence-corrected chi connectivity index (χ2v) is 7.41. The van der Waals surface area contributed by atoms with Crippen molar-refractivity contribution in [2.75, 3.05) is 23.7 Å². The van der Waals surface area contributed by atoms with Gasteiger partial charge in [0, 0.05) is 19.0 Å². The molecule has 1 aliphatic rings. The van der Waals surface area contributed by atoms with E-state index in [1.165, 1.54) is 22.7 Å². The lowest BCUT2D eigenvalue weighted by Crippen LogP contribution is -2.43. The molecule has 9 heteroatoms. The lowest BCUT2D eigenvalue weighted by atomic mass is 9.96. The zero-order valence-electron chi connectivity index (χ0n) is 12.6. The van der Waals surface area contributed by atoms with Crippen LogP contribution in [0.4, 0.5) is 14.9 Å². The van der Waals surface area contributed by atoms with Crippen molar-refractivity contribution in [1.29, 1.82) is 0 Å². The summed E-state index contributed by atoms with van der Waals surface area (Å²) in [5, 5.41) is 17.6. The van der Waals surface area contributed by atoms with Crippen LogP contribution in [0.2, 0.25) is 0 Å². The number of hydrogen-bond acceptors (Lipinski definition) is 6. The molecule has 0 aliphatic carbocycles. The molecule has 0 spiro atoms. The maximum Gasteiger partial charge on any atom is 0.322 e. The van der Waals surface area contributed by atoms with Gasteiger partial charge in [-0.05, 0) is 37.3 Å². The van der Waals surface area contributed by atoms with Gasteiger partial charge in [0.05, 0.1) is 5.00 Å². The first-order valence-electron chi connectivity index (χ1n) is 7.32. The van der Waals surface area contributed by atoms with Crippen molar-refractivity contribution in [3.63, 3.8) is 0 Å². The Morgan fingerprint density at radius 3 is 2.65 bits per heavy atom. The van der Waals surface area contributed by atoms with Gasteiger partial charge in [0.2, 0.25) is 11.0 Å². The minimum Gasteiger partial charge on any atom is -0.324 e. The van der Waals surface area contributed by atoms with E-state index in [1.807, 2.05) is 24.4 Å². The minimum absolute atomic E-state index is 0.0422. The van der Waals surface area contributed by atoms with Gasteiger partial charge in [-0.1, -0.05) is 11.3 Å². The number of anilines is 2. The highest BCUT2D eigenvalue weighted by molar-refractivity contribution is 7.15. The molecular formula is C14H17N5O2S2. The van der Waals surface area contributed by atoms with E-state index >= 15 is 0 Å². The van der Waals surface area contributed by atoms with Gasteiger partial charge in [-0.15, -0.1) is 21.5 Å². The molecule has 0 radical (unpaired) electrons. The summed E-state index contributed by atoms with van der Waals surface area (Å²) in [5.74, 6) is -0.135. The van der Waals surface area contributed by atoms with E-state index in [0.717, 1.165) is 10.0 Å². The molecular weight excluding hydrogens is 334 g/mol. The Morgan fingerprint density at radius 2 is 2.04 bits per heavy atom. The number of nitrogens with one attached hydrogen (secondary N) is 2. The predicted octanol–water partition coefficient (Wildman–Crippen LogP) is 2.79. The average molecular weight is 351 g/mol. The van der Waals surface area contributed by atoms with Gasteiger partial charge >= 0.3 is 6.03 Å². The fourth-order valence-electron chi connectivity index (χ4n) is 2.43. The Balaban J connectivity index is 1.47. The monoisotopic (exact) mass is 351 g/mol. The third-order valence-corrected chi connectivity index (χ3v) is 5.20. The summed E-state index contributed by atoms with van der Waals surface area (Å²) >= 11 is 2.85. The average Bonchev–Trinajstić information content (AvgIpc) is 3.19. The number of carbonyl (C=O) groups is 2. The van der Waals surface area contributed by atoms with Crippen LogP contribution in [0.25, 0.3) is 0 Å². The molecule has 3 amide bonds. The molecule has 0 aromatic carbocycles. The molecule has 0 saturated carbocycles. The standard InChI is InChI=1S/C14H17N5O2S2/c1-9-17-18-13(23-9)16-12(20)10-4-6-19(7-5-10)14(21)15-11-3-2-8-22-11/h2-3,8,10H,4-7H2,1H3,(H,15,21)(H,16,18,20). The molecule has 1 saturated heterocycles. The molecule has 0 atom stereocenters. The topological polar surface area (TPSA) is 87.2 Å². The molecule has 1 aliphatic heterocycles. The van der Waals surface area contributed by atoms with Crippen LogP contribution >= 0.6 is 22.7 Å². The van der Waals surface area contributed by atoms with E-state index in [4.69, 9.17) is 0 Å². The summed E-state index contributed by atoms with van der Waals surface area (Å²) in [6.07, 6.45) is 1.31. The predicted molar refractivity (Wildman–Crippen MR) is 90.9 cm³/mol. The number of piperidine rings is 1. The van der Waals surface area contributed by atoms with Crippen LogP contribution in [0.15, 0.2) is 17.5 Å². The van der Waals surface area contributed by atoms with E-state index in [9.17, 15) is 9.59 Å². The molecule has 7 nitrogen and oxygen atoms in total. The van der Waals surface area contributed by atoms with Crippen LogP contribution in [-0.2, 0) is 4.79 Å².